The van der Waals surface area contributed by atoms with Crippen LogP contribution in [0, 0.1) is 0 Å². The monoisotopic (exact) mass is 252 g/mol. The van der Waals surface area contributed by atoms with Gasteiger partial charge in [-0.3, -0.25) is 0 Å². The maximum atomic E-state index is 11.6. The van der Waals surface area contributed by atoms with Gasteiger partial charge in [-0.2, -0.15) is 4.72 Å². The van der Waals surface area contributed by atoms with Crippen molar-refractivity contribution in [1.29, 1.82) is 0 Å². The second kappa shape index (κ2) is 5.42. The molecule has 0 aliphatic carbocycles. The summed E-state index contributed by atoms with van der Waals surface area (Å²) in [6.07, 6.45) is 0. The average molecular weight is 252 g/mol. The summed E-state index contributed by atoms with van der Waals surface area (Å²) >= 11 is 1.17. The number of methoxy groups -OCH3 is 1. The third-order valence-corrected chi connectivity index (χ3v) is 3.81. The Hall–Kier alpha value is -0.670. The van der Waals surface area contributed by atoms with Crippen LogP contribution in [0.2, 0.25) is 0 Å². The Labute approximate surface area is 92.0 Å². The molecule has 3 N–H and O–H groups in total. The molecule has 1 aromatic rings. The van der Waals surface area contributed by atoms with Crippen LogP contribution in [0.15, 0.2) is 16.3 Å². The van der Waals surface area contributed by atoms with Gasteiger partial charge in [0.2, 0.25) is 10.0 Å². The molecule has 1 aromatic heterocycles. The first-order chi connectivity index (χ1) is 7.08. The van der Waals surface area contributed by atoms with Crippen LogP contribution in [0.5, 0.6) is 0 Å². The van der Waals surface area contributed by atoms with Crippen molar-refractivity contribution in [1.82, 2.24) is 4.72 Å². The second-order valence-electron chi connectivity index (χ2n) is 2.55. The van der Waals surface area contributed by atoms with Gasteiger partial charge >= 0.3 is 0 Å². The van der Waals surface area contributed by atoms with Gasteiger partial charge in [-0.15, -0.1) is 11.3 Å². The maximum absolute atomic E-state index is 11.6. The number of nitrogens with two attached hydrogens (primary N) is 1. The van der Waals surface area contributed by atoms with Crippen LogP contribution in [0.25, 0.3) is 0 Å². The molecule has 0 fully saturated rings. The standard InChI is InChI=1S/C7H12N2O4S2/c1-12-5-13-4-9-15(10,11)6-2-3-14-7(6)8/h2-3,9H,4-5,8H2,1H3. The molecule has 1 heterocycles. The summed E-state index contributed by atoms with van der Waals surface area (Å²) in [5.41, 5.74) is 5.49. The summed E-state index contributed by atoms with van der Waals surface area (Å²) in [7, 11) is -2.12. The Morgan fingerprint density at radius 1 is 1.60 bits per heavy atom. The van der Waals surface area contributed by atoms with E-state index in [1.807, 2.05) is 0 Å². The second-order valence-corrected chi connectivity index (χ2v) is 5.23. The van der Waals surface area contributed by atoms with Gasteiger partial charge in [-0.25, -0.2) is 8.42 Å². The Kier molecular flexibility index (Phi) is 4.48. The van der Waals surface area contributed by atoms with Crippen molar-refractivity contribution < 1.29 is 17.9 Å². The van der Waals surface area contributed by atoms with Gasteiger partial charge in [0.05, 0.1) is 0 Å². The van der Waals surface area contributed by atoms with Crippen molar-refractivity contribution in [2.45, 2.75) is 4.90 Å². The van der Waals surface area contributed by atoms with Gasteiger partial charge in [0.15, 0.2) is 0 Å². The van der Waals surface area contributed by atoms with Crippen LogP contribution >= 0.6 is 11.3 Å². The smallest absolute Gasteiger partial charge is 0.245 e. The zero-order chi connectivity index (χ0) is 11.3. The lowest BCUT2D eigenvalue weighted by molar-refractivity contribution is -0.0318. The van der Waals surface area contributed by atoms with Crippen molar-refractivity contribution in [3.63, 3.8) is 0 Å². The van der Waals surface area contributed by atoms with Gasteiger partial charge in [0.1, 0.15) is 23.4 Å². The molecule has 0 atom stereocenters. The summed E-state index contributed by atoms with van der Waals surface area (Å²) in [6, 6.07) is 1.44. The van der Waals surface area contributed by atoms with E-state index in [1.165, 1.54) is 24.5 Å². The van der Waals surface area contributed by atoms with E-state index >= 15 is 0 Å². The molecule has 8 heteroatoms. The van der Waals surface area contributed by atoms with Crippen molar-refractivity contribution in [3.8, 4) is 0 Å². The topological polar surface area (TPSA) is 90.6 Å². The van der Waals surface area contributed by atoms with Crippen molar-refractivity contribution >= 4 is 26.4 Å². The Balaban J connectivity index is 2.57. The SMILES string of the molecule is COCOCNS(=O)(=O)c1ccsc1N. The normalized spacial score (nSPS) is 11.8. The molecule has 0 amide bonds. The van der Waals surface area contributed by atoms with Crippen molar-refractivity contribution in [2.24, 2.45) is 0 Å². The van der Waals surface area contributed by atoms with Crippen LogP contribution in [0.3, 0.4) is 0 Å². The summed E-state index contributed by atoms with van der Waals surface area (Å²) in [6.45, 7) is -0.118. The molecule has 0 saturated carbocycles. The van der Waals surface area contributed by atoms with Gasteiger partial charge in [0.25, 0.3) is 0 Å². The Bertz CT molecular complexity index is 401. The highest BCUT2D eigenvalue weighted by molar-refractivity contribution is 7.89. The number of ether oxygens (including phenoxy) is 2. The number of hydrogen-bond acceptors (Lipinski definition) is 6. The molecule has 0 aliphatic heterocycles. The van der Waals surface area contributed by atoms with Crippen molar-refractivity contribution in [3.05, 3.63) is 11.4 Å². The fraction of sp³-hybridized carbons (Fsp3) is 0.429. The van der Waals surface area contributed by atoms with Gasteiger partial charge < -0.3 is 15.2 Å². The molecular weight excluding hydrogens is 240 g/mol. The Morgan fingerprint density at radius 2 is 2.33 bits per heavy atom. The lowest BCUT2D eigenvalue weighted by atomic mass is 10.6. The van der Waals surface area contributed by atoms with E-state index in [0.29, 0.717) is 0 Å². The minimum Gasteiger partial charge on any atom is -0.389 e. The third-order valence-electron chi connectivity index (χ3n) is 1.50. The number of sulfonamides is 1. The van der Waals surface area contributed by atoms with Crippen LogP contribution < -0.4 is 10.5 Å². The van der Waals surface area contributed by atoms with Gasteiger partial charge in [0, 0.05) is 7.11 Å². The molecule has 0 aliphatic rings. The summed E-state index contributed by atoms with van der Waals surface area (Å²) in [5.74, 6) is 0. The molecule has 0 aromatic carbocycles. The predicted octanol–water partition coefficient (Wildman–Crippen LogP) is 0.187. The molecule has 1 rings (SSSR count). The predicted molar refractivity (Wildman–Crippen MR) is 56.9 cm³/mol. The summed E-state index contributed by atoms with van der Waals surface area (Å²) in [4.78, 5) is 0.0773. The van der Waals surface area contributed by atoms with E-state index < -0.39 is 10.0 Å². The van der Waals surface area contributed by atoms with E-state index in [2.05, 4.69) is 9.46 Å². The number of hydrogen-bond donors (Lipinski definition) is 2. The maximum Gasteiger partial charge on any atom is 0.245 e. The zero-order valence-corrected chi connectivity index (χ0v) is 9.73. The molecule has 15 heavy (non-hydrogen) atoms. The van der Waals surface area contributed by atoms with E-state index in [9.17, 15) is 8.42 Å². The molecule has 0 bridgehead atoms. The summed E-state index contributed by atoms with van der Waals surface area (Å²) < 4.78 is 34.8. The molecule has 86 valence electrons. The van der Waals surface area contributed by atoms with Crippen molar-refractivity contribution in [2.75, 3.05) is 26.4 Å². The molecule has 0 radical (unpaired) electrons. The highest BCUT2D eigenvalue weighted by atomic mass is 32.2. The van der Waals surface area contributed by atoms with Crippen LogP contribution in [-0.4, -0.2) is 29.1 Å². The number of rotatable bonds is 6. The average Bonchev–Trinajstić information content (AvgIpc) is 2.60. The minimum absolute atomic E-state index is 0.0294. The van der Waals surface area contributed by atoms with Gasteiger partial charge in [-0.05, 0) is 11.4 Å². The quantitative estimate of drug-likeness (QED) is 0.557. The molecule has 6 nitrogen and oxygen atoms in total. The van der Waals surface area contributed by atoms with Gasteiger partial charge in [-0.1, -0.05) is 0 Å². The number of nitrogens with one attached hydrogen (secondary N) is 1. The van der Waals surface area contributed by atoms with Crippen LogP contribution in [-0.2, 0) is 19.5 Å². The fourth-order valence-electron chi connectivity index (χ4n) is 0.853. The molecular formula is C7H12N2O4S2. The third kappa shape index (κ3) is 3.43. The van der Waals surface area contributed by atoms with E-state index in [-0.39, 0.29) is 23.4 Å². The van der Waals surface area contributed by atoms with E-state index in [0.717, 1.165) is 0 Å². The molecule has 0 unspecified atom stereocenters. The first kappa shape index (κ1) is 12.4. The Morgan fingerprint density at radius 3 is 2.87 bits per heavy atom. The molecule has 0 saturated heterocycles. The molecule has 0 spiro atoms. The van der Waals surface area contributed by atoms with Crippen LogP contribution in [0.4, 0.5) is 5.00 Å². The summed E-state index contributed by atoms with van der Waals surface area (Å²) in [5, 5.41) is 1.87. The number of anilines is 1. The largest absolute Gasteiger partial charge is 0.389 e. The lowest BCUT2D eigenvalue weighted by Crippen LogP contribution is -2.27. The zero-order valence-electron chi connectivity index (χ0n) is 8.10. The number of nitrogen functional groups attached to an aromatic ring is 1. The highest BCUT2D eigenvalue weighted by Gasteiger charge is 2.17. The highest BCUT2D eigenvalue weighted by Crippen LogP contribution is 2.23. The lowest BCUT2D eigenvalue weighted by Gasteiger charge is -2.06. The van der Waals surface area contributed by atoms with E-state index in [1.54, 1.807) is 5.38 Å². The van der Waals surface area contributed by atoms with Crippen LogP contribution in [0.1, 0.15) is 0 Å². The first-order valence-electron chi connectivity index (χ1n) is 3.97. The number of thiophene rings is 1. The first-order valence-corrected chi connectivity index (χ1v) is 6.33. The fourth-order valence-corrected chi connectivity index (χ4v) is 2.85. The minimum atomic E-state index is -3.57. The van der Waals surface area contributed by atoms with E-state index in [4.69, 9.17) is 10.5 Å².